The van der Waals surface area contributed by atoms with Gasteiger partial charge in [-0.3, -0.25) is 9.59 Å². The van der Waals surface area contributed by atoms with Crippen LogP contribution >= 0.6 is 11.8 Å². The molecule has 1 N–H and O–H groups in total. The highest BCUT2D eigenvalue weighted by atomic mass is 32.2. The van der Waals surface area contributed by atoms with E-state index in [0.717, 1.165) is 16.7 Å². The molecule has 1 heterocycles. The number of thioether (sulfide) groups is 1. The van der Waals surface area contributed by atoms with Crippen LogP contribution in [0.3, 0.4) is 0 Å². The molecule has 1 atom stereocenters. The van der Waals surface area contributed by atoms with Gasteiger partial charge < -0.3 is 4.90 Å². The van der Waals surface area contributed by atoms with Gasteiger partial charge in [0, 0.05) is 12.1 Å². The topological polar surface area (TPSA) is 61.8 Å². The third-order valence-electron chi connectivity index (χ3n) is 5.08. The third-order valence-corrected chi connectivity index (χ3v) is 6.33. The third kappa shape index (κ3) is 5.22. The number of benzene rings is 3. The van der Waals surface area contributed by atoms with Crippen LogP contribution in [0.4, 0.5) is 0 Å². The van der Waals surface area contributed by atoms with E-state index in [1.54, 1.807) is 30.1 Å². The molecule has 5 nitrogen and oxygen atoms in total. The number of carbonyl (C=O) groups is 2. The monoisotopic (exact) mass is 429 g/mol. The molecule has 1 saturated heterocycles. The molecule has 0 radical (unpaired) electrons. The average molecular weight is 430 g/mol. The first-order valence-electron chi connectivity index (χ1n) is 10.1. The molecule has 0 saturated carbocycles. The summed E-state index contributed by atoms with van der Waals surface area (Å²) in [7, 11) is 0. The molecule has 0 aromatic heterocycles. The Morgan fingerprint density at radius 3 is 2.48 bits per heavy atom. The fourth-order valence-corrected chi connectivity index (χ4v) is 4.55. The number of nitrogens with one attached hydrogen (secondary N) is 1. The molecule has 31 heavy (non-hydrogen) atoms. The predicted molar refractivity (Wildman–Crippen MR) is 125 cm³/mol. The van der Waals surface area contributed by atoms with Gasteiger partial charge in [-0.1, -0.05) is 72.3 Å². The number of nitrogens with zero attached hydrogens (tertiary/aromatic N) is 2. The molecule has 0 unspecified atom stereocenters. The van der Waals surface area contributed by atoms with E-state index >= 15 is 0 Å². The van der Waals surface area contributed by atoms with Crippen LogP contribution in [0.1, 0.15) is 38.0 Å². The summed E-state index contributed by atoms with van der Waals surface area (Å²) in [6.07, 6.45) is 1.62. The first-order valence-corrected chi connectivity index (χ1v) is 11.1. The van der Waals surface area contributed by atoms with Gasteiger partial charge in [-0.15, -0.1) is 11.8 Å². The zero-order valence-corrected chi connectivity index (χ0v) is 18.0. The van der Waals surface area contributed by atoms with Crippen molar-refractivity contribution in [3.05, 3.63) is 107 Å². The summed E-state index contributed by atoms with van der Waals surface area (Å²) in [6.45, 7) is 2.60. The molecule has 1 aliphatic heterocycles. The quantitative estimate of drug-likeness (QED) is 0.462. The van der Waals surface area contributed by atoms with Crippen molar-refractivity contribution in [2.45, 2.75) is 18.8 Å². The van der Waals surface area contributed by atoms with Gasteiger partial charge in [0.25, 0.3) is 5.91 Å². The zero-order valence-electron chi connectivity index (χ0n) is 17.2. The maximum absolute atomic E-state index is 12.4. The molecule has 0 spiro atoms. The van der Waals surface area contributed by atoms with Gasteiger partial charge in [0.05, 0.1) is 12.0 Å². The number of hydrazone groups is 1. The lowest BCUT2D eigenvalue weighted by Crippen LogP contribution is -2.27. The van der Waals surface area contributed by atoms with Crippen LogP contribution < -0.4 is 5.43 Å². The maximum atomic E-state index is 12.4. The van der Waals surface area contributed by atoms with Crippen LogP contribution in [0.15, 0.2) is 84.0 Å². The Morgan fingerprint density at radius 2 is 1.77 bits per heavy atom. The highest BCUT2D eigenvalue weighted by molar-refractivity contribution is 8.00. The van der Waals surface area contributed by atoms with Gasteiger partial charge >= 0.3 is 0 Å². The van der Waals surface area contributed by atoms with Gasteiger partial charge in [0.1, 0.15) is 5.37 Å². The Labute approximate surface area is 186 Å². The van der Waals surface area contributed by atoms with E-state index in [4.69, 9.17) is 0 Å². The summed E-state index contributed by atoms with van der Waals surface area (Å²) < 4.78 is 0. The molecule has 0 aliphatic carbocycles. The number of hydrogen-bond donors (Lipinski definition) is 1. The van der Waals surface area contributed by atoms with Gasteiger partial charge in [0.15, 0.2) is 0 Å². The second-order valence-corrected chi connectivity index (χ2v) is 8.47. The summed E-state index contributed by atoms with van der Waals surface area (Å²) in [6, 6.07) is 25.2. The van der Waals surface area contributed by atoms with Crippen LogP contribution in [-0.2, 0) is 11.3 Å². The molecule has 3 aromatic rings. The lowest BCUT2D eigenvalue weighted by atomic mass is 10.1. The Bertz CT molecular complexity index is 1080. The second kappa shape index (κ2) is 9.62. The van der Waals surface area contributed by atoms with Gasteiger partial charge in [-0.25, -0.2) is 5.43 Å². The van der Waals surface area contributed by atoms with Gasteiger partial charge in [-0.2, -0.15) is 5.10 Å². The van der Waals surface area contributed by atoms with E-state index in [-0.39, 0.29) is 17.2 Å². The van der Waals surface area contributed by atoms with Crippen LogP contribution in [0.25, 0.3) is 0 Å². The largest absolute Gasteiger partial charge is 0.322 e. The average Bonchev–Trinajstić information content (AvgIpc) is 3.16. The van der Waals surface area contributed by atoms with Gasteiger partial charge in [-0.05, 0) is 35.7 Å². The zero-order chi connectivity index (χ0) is 21.6. The molecule has 3 aromatic carbocycles. The Balaban J connectivity index is 1.40. The summed E-state index contributed by atoms with van der Waals surface area (Å²) in [5.41, 5.74) is 7.28. The van der Waals surface area contributed by atoms with E-state index in [1.807, 2.05) is 78.6 Å². The van der Waals surface area contributed by atoms with E-state index in [2.05, 4.69) is 10.5 Å². The van der Waals surface area contributed by atoms with E-state index < -0.39 is 0 Å². The van der Waals surface area contributed by atoms with Crippen LogP contribution in [0, 0.1) is 6.92 Å². The SMILES string of the molecule is Cc1ccc(/C=N\NC(=O)c2ccc([C@@H]3SCC(=O)N3Cc3ccccc3)cc2)cc1. The van der Waals surface area contributed by atoms with Crippen molar-refractivity contribution in [2.75, 3.05) is 5.75 Å². The Hall–Kier alpha value is -3.38. The van der Waals surface area contributed by atoms with E-state index in [1.165, 1.54) is 5.56 Å². The van der Waals surface area contributed by atoms with Crippen molar-refractivity contribution in [2.24, 2.45) is 5.10 Å². The maximum Gasteiger partial charge on any atom is 0.271 e. The molecule has 1 fully saturated rings. The highest BCUT2D eigenvalue weighted by Crippen LogP contribution is 2.39. The minimum absolute atomic E-state index is 0.0515. The van der Waals surface area contributed by atoms with E-state index in [0.29, 0.717) is 17.9 Å². The van der Waals surface area contributed by atoms with Crippen LogP contribution in [-0.4, -0.2) is 28.7 Å². The summed E-state index contributed by atoms with van der Waals surface area (Å²) in [4.78, 5) is 26.7. The van der Waals surface area contributed by atoms with Crippen molar-refractivity contribution >= 4 is 29.8 Å². The lowest BCUT2D eigenvalue weighted by molar-refractivity contribution is -0.128. The Kier molecular flexibility index (Phi) is 6.48. The minimum atomic E-state index is -0.272. The first-order chi connectivity index (χ1) is 15.1. The van der Waals surface area contributed by atoms with Crippen molar-refractivity contribution in [1.29, 1.82) is 0 Å². The summed E-state index contributed by atoms with van der Waals surface area (Å²) >= 11 is 1.61. The first kappa shape index (κ1) is 20.9. The van der Waals surface area contributed by atoms with E-state index in [9.17, 15) is 9.59 Å². The predicted octanol–water partition coefficient (Wildman–Crippen LogP) is 4.53. The van der Waals surface area contributed by atoms with Crippen LogP contribution in [0.2, 0.25) is 0 Å². The smallest absolute Gasteiger partial charge is 0.271 e. The number of carbonyl (C=O) groups excluding carboxylic acids is 2. The molecule has 6 heteroatoms. The van der Waals surface area contributed by atoms with Crippen molar-refractivity contribution < 1.29 is 9.59 Å². The number of hydrogen-bond acceptors (Lipinski definition) is 4. The molecule has 4 rings (SSSR count). The molecule has 0 bridgehead atoms. The number of aryl methyl sites for hydroxylation is 1. The molecule has 1 aliphatic rings. The molecular weight excluding hydrogens is 406 g/mol. The lowest BCUT2D eigenvalue weighted by Gasteiger charge is -2.24. The van der Waals surface area contributed by atoms with Crippen LogP contribution in [0.5, 0.6) is 0 Å². The fraction of sp³-hybridized carbons (Fsp3) is 0.160. The normalized spacial score (nSPS) is 16.1. The fourth-order valence-electron chi connectivity index (χ4n) is 3.36. The second-order valence-electron chi connectivity index (χ2n) is 7.40. The molecule has 156 valence electrons. The number of rotatable bonds is 6. The summed E-state index contributed by atoms with van der Waals surface area (Å²) in [5.74, 6) is 0.324. The molecular formula is C25H23N3O2S. The number of amides is 2. The van der Waals surface area contributed by atoms with Gasteiger partial charge in [0.2, 0.25) is 5.91 Å². The minimum Gasteiger partial charge on any atom is -0.322 e. The van der Waals surface area contributed by atoms with Crippen molar-refractivity contribution in [3.63, 3.8) is 0 Å². The highest BCUT2D eigenvalue weighted by Gasteiger charge is 2.32. The standard InChI is InChI=1S/C25H23N3O2S/c1-18-7-9-19(10-8-18)15-26-27-24(30)21-11-13-22(14-12-21)25-28(23(29)17-31-25)16-20-5-3-2-4-6-20/h2-15,25H,16-17H2,1H3,(H,27,30)/b26-15-/t25-/m0/s1. The Morgan fingerprint density at radius 1 is 1.06 bits per heavy atom. The van der Waals surface area contributed by atoms with Crippen molar-refractivity contribution in [3.8, 4) is 0 Å². The van der Waals surface area contributed by atoms with Crippen molar-refractivity contribution in [1.82, 2.24) is 10.3 Å². The summed E-state index contributed by atoms with van der Waals surface area (Å²) in [5, 5.41) is 3.98. The molecule has 2 amide bonds.